The van der Waals surface area contributed by atoms with Crippen molar-refractivity contribution >= 4 is 15.7 Å². The second-order valence-corrected chi connectivity index (χ2v) is 8.67. The third-order valence-corrected chi connectivity index (χ3v) is 6.70. The molecule has 144 valence electrons. The van der Waals surface area contributed by atoms with Crippen LogP contribution in [0.2, 0.25) is 0 Å². The van der Waals surface area contributed by atoms with Crippen LogP contribution in [0, 0.1) is 5.92 Å². The van der Waals surface area contributed by atoms with E-state index in [1.807, 2.05) is 30.3 Å². The van der Waals surface area contributed by atoms with E-state index in [1.54, 1.807) is 19.2 Å². The third-order valence-electron chi connectivity index (χ3n) is 5.18. The van der Waals surface area contributed by atoms with Crippen LogP contribution in [0.25, 0.3) is 11.1 Å². The predicted octanol–water partition coefficient (Wildman–Crippen LogP) is 3.93. The summed E-state index contributed by atoms with van der Waals surface area (Å²) in [7, 11) is -1.98. The van der Waals surface area contributed by atoms with Crippen molar-refractivity contribution in [2.75, 3.05) is 12.8 Å². The Hall–Kier alpha value is -2.31. The summed E-state index contributed by atoms with van der Waals surface area (Å²) in [5.41, 5.74) is 8.37. The molecule has 27 heavy (non-hydrogen) atoms. The first-order chi connectivity index (χ1) is 12.9. The molecule has 0 aliphatic heterocycles. The molecule has 0 atom stereocenters. The Bertz CT molecular complexity index is 902. The van der Waals surface area contributed by atoms with Crippen LogP contribution in [0.3, 0.4) is 0 Å². The maximum Gasteiger partial charge on any atom is 0.240 e. The highest BCUT2D eigenvalue weighted by Crippen LogP contribution is 2.31. The molecule has 0 amide bonds. The van der Waals surface area contributed by atoms with Gasteiger partial charge in [0.2, 0.25) is 10.0 Å². The maximum atomic E-state index is 12.8. The van der Waals surface area contributed by atoms with Crippen LogP contribution in [0.1, 0.15) is 25.7 Å². The second kappa shape index (κ2) is 8.15. The molecule has 2 aromatic carbocycles. The van der Waals surface area contributed by atoms with E-state index in [0.717, 1.165) is 42.6 Å². The van der Waals surface area contributed by atoms with Crippen molar-refractivity contribution in [2.45, 2.75) is 36.6 Å². The van der Waals surface area contributed by atoms with Crippen molar-refractivity contribution in [1.29, 1.82) is 0 Å². The van der Waals surface area contributed by atoms with Gasteiger partial charge in [-0.15, -0.1) is 0 Å². The van der Waals surface area contributed by atoms with Gasteiger partial charge in [-0.25, -0.2) is 13.1 Å². The lowest BCUT2D eigenvalue weighted by atomic mass is 9.85. The molecule has 6 heteroatoms. The summed E-state index contributed by atoms with van der Waals surface area (Å²) < 4.78 is 33.6. The van der Waals surface area contributed by atoms with E-state index in [0.29, 0.717) is 11.6 Å². The van der Waals surface area contributed by atoms with Crippen molar-refractivity contribution in [1.82, 2.24) is 4.72 Å². The zero-order chi connectivity index (χ0) is 19.4. The van der Waals surface area contributed by atoms with E-state index in [4.69, 9.17) is 10.5 Å². The highest BCUT2D eigenvalue weighted by atomic mass is 32.2. The number of methoxy groups -OCH3 is 1. The van der Waals surface area contributed by atoms with Gasteiger partial charge in [-0.05, 0) is 43.4 Å². The summed E-state index contributed by atoms with van der Waals surface area (Å²) >= 11 is 0. The number of nitrogens with one attached hydrogen (secondary N) is 1. The highest BCUT2D eigenvalue weighted by Gasteiger charge is 2.27. The summed E-state index contributed by atoms with van der Waals surface area (Å²) in [5.74, 6) is 1.08. The van der Waals surface area contributed by atoms with Gasteiger partial charge >= 0.3 is 0 Å². The SMILES string of the molecule is C=C(OC)C1CCC(NS(=O)(=O)c2ccc(-c3ccccc3)c(N)c2)CC1. The molecule has 0 spiro atoms. The Morgan fingerprint density at radius 1 is 1.11 bits per heavy atom. The standard InChI is InChI=1S/C21H26N2O3S/c1-15(26-2)16-8-10-18(11-9-16)23-27(24,25)19-12-13-20(21(22)14-19)17-6-4-3-5-7-17/h3-7,12-14,16,18,23H,1,8-11,22H2,2H3. The van der Waals surface area contributed by atoms with E-state index in [2.05, 4.69) is 11.3 Å². The fraction of sp³-hybridized carbons (Fsp3) is 0.333. The van der Waals surface area contributed by atoms with E-state index >= 15 is 0 Å². The van der Waals surface area contributed by atoms with Crippen LogP contribution < -0.4 is 10.5 Å². The van der Waals surface area contributed by atoms with Gasteiger partial charge in [-0.2, -0.15) is 0 Å². The lowest BCUT2D eigenvalue weighted by Gasteiger charge is -2.29. The molecular weight excluding hydrogens is 360 g/mol. The fourth-order valence-corrected chi connectivity index (χ4v) is 4.92. The lowest BCUT2D eigenvalue weighted by molar-refractivity contribution is 0.206. The Kier molecular flexibility index (Phi) is 5.87. The van der Waals surface area contributed by atoms with E-state index in [-0.39, 0.29) is 10.9 Å². The van der Waals surface area contributed by atoms with Crippen LogP contribution in [-0.4, -0.2) is 21.6 Å². The topological polar surface area (TPSA) is 81.4 Å². The summed E-state index contributed by atoms with van der Waals surface area (Å²) in [6.45, 7) is 3.91. The quantitative estimate of drug-likeness (QED) is 0.582. The third kappa shape index (κ3) is 4.51. The van der Waals surface area contributed by atoms with Crippen molar-refractivity contribution in [2.24, 2.45) is 5.92 Å². The largest absolute Gasteiger partial charge is 0.501 e. The Labute approximate surface area is 161 Å². The maximum absolute atomic E-state index is 12.8. The van der Waals surface area contributed by atoms with E-state index in [1.165, 1.54) is 6.07 Å². The number of hydrogen-bond acceptors (Lipinski definition) is 4. The number of sulfonamides is 1. The van der Waals surface area contributed by atoms with E-state index < -0.39 is 10.0 Å². The van der Waals surface area contributed by atoms with Crippen LogP contribution >= 0.6 is 0 Å². The van der Waals surface area contributed by atoms with Crippen molar-refractivity contribution in [3.05, 3.63) is 60.9 Å². The van der Waals surface area contributed by atoms with Gasteiger partial charge in [-0.1, -0.05) is 43.0 Å². The average Bonchev–Trinajstić information content (AvgIpc) is 2.68. The molecule has 0 heterocycles. The van der Waals surface area contributed by atoms with Crippen molar-refractivity contribution < 1.29 is 13.2 Å². The molecule has 1 saturated carbocycles. The molecule has 3 N–H and O–H groups in total. The molecule has 0 aromatic heterocycles. The molecule has 2 aromatic rings. The van der Waals surface area contributed by atoms with Gasteiger partial charge < -0.3 is 10.5 Å². The number of rotatable bonds is 6. The fourth-order valence-electron chi connectivity index (χ4n) is 3.58. The molecule has 1 aliphatic carbocycles. The van der Waals surface area contributed by atoms with Crippen LogP contribution in [0.4, 0.5) is 5.69 Å². The summed E-state index contributed by atoms with van der Waals surface area (Å²) in [6.07, 6.45) is 3.28. The van der Waals surface area contributed by atoms with E-state index in [9.17, 15) is 8.42 Å². The lowest BCUT2D eigenvalue weighted by Crippen LogP contribution is -2.37. The number of nitrogens with two attached hydrogens (primary N) is 1. The zero-order valence-corrected chi connectivity index (χ0v) is 16.3. The molecule has 0 radical (unpaired) electrons. The molecule has 0 bridgehead atoms. The van der Waals surface area contributed by atoms with Gasteiger partial charge in [0.05, 0.1) is 17.8 Å². The average molecular weight is 387 g/mol. The molecule has 3 rings (SSSR count). The number of hydrogen-bond donors (Lipinski definition) is 2. The zero-order valence-electron chi connectivity index (χ0n) is 15.5. The minimum Gasteiger partial charge on any atom is -0.501 e. The number of nitrogen functional groups attached to an aromatic ring is 1. The molecule has 1 aliphatic rings. The number of allylic oxidation sites excluding steroid dienone is 1. The van der Waals surface area contributed by atoms with Gasteiger partial charge in [0.1, 0.15) is 0 Å². The van der Waals surface area contributed by atoms with Crippen molar-refractivity contribution in [3.8, 4) is 11.1 Å². The first-order valence-electron chi connectivity index (χ1n) is 9.11. The Balaban J connectivity index is 1.71. The highest BCUT2D eigenvalue weighted by molar-refractivity contribution is 7.89. The molecule has 5 nitrogen and oxygen atoms in total. The first kappa shape index (κ1) is 19.5. The van der Waals surface area contributed by atoms with Gasteiger partial charge in [0.15, 0.2) is 0 Å². The minimum atomic E-state index is -3.61. The predicted molar refractivity (Wildman–Crippen MR) is 109 cm³/mol. The van der Waals surface area contributed by atoms with Crippen LogP contribution in [0.5, 0.6) is 0 Å². The first-order valence-corrected chi connectivity index (χ1v) is 10.6. The molecular formula is C21H26N2O3S. The van der Waals surface area contributed by atoms with Gasteiger partial charge in [-0.3, -0.25) is 0 Å². The van der Waals surface area contributed by atoms with Gasteiger partial charge in [0, 0.05) is 23.2 Å². The normalized spacial score (nSPS) is 20.2. The number of ether oxygens (including phenoxy) is 1. The summed E-state index contributed by atoms with van der Waals surface area (Å²) in [5, 5.41) is 0. The summed E-state index contributed by atoms with van der Waals surface area (Å²) in [4.78, 5) is 0.197. The summed E-state index contributed by atoms with van der Waals surface area (Å²) in [6, 6.07) is 14.5. The van der Waals surface area contributed by atoms with Crippen LogP contribution in [-0.2, 0) is 14.8 Å². The van der Waals surface area contributed by atoms with Gasteiger partial charge in [0.25, 0.3) is 0 Å². The number of anilines is 1. The molecule has 0 saturated heterocycles. The van der Waals surface area contributed by atoms with Crippen LogP contribution in [0.15, 0.2) is 65.8 Å². The monoisotopic (exact) mass is 386 g/mol. The van der Waals surface area contributed by atoms with Crippen molar-refractivity contribution in [3.63, 3.8) is 0 Å². The smallest absolute Gasteiger partial charge is 0.240 e. The second-order valence-electron chi connectivity index (χ2n) is 6.96. The molecule has 0 unspecified atom stereocenters. The Morgan fingerprint density at radius 3 is 2.37 bits per heavy atom. The minimum absolute atomic E-state index is 0.0778. The number of benzene rings is 2. The molecule has 1 fully saturated rings. The Morgan fingerprint density at radius 2 is 1.78 bits per heavy atom.